The Bertz CT molecular complexity index is 426. The van der Waals surface area contributed by atoms with Crippen LogP contribution in [0.4, 0.5) is 0 Å². The monoisotopic (exact) mass is 238 g/mol. The molecular weight excluding hydrogens is 220 g/mol. The number of hydrogen-bond donors (Lipinski definition) is 1. The lowest BCUT2D eigenvalue weighted by atomic mass is 9.97. The number of nitrogens with one attached hydrogen (secondary N) is 1. The second-order valence-corrected chi connectivity index (χ2v) is 5.72. The number of nitrogens with zero attached hydrogens (tertiary/aromatic N) is 1. The summed E-state index contributed by atoms with van der Waals surface area (Å²) in [5, 5.41) is 0.791. The van der Waals surface area contributed by atoms with E-state index in [1.807, 2.05) is 0 Å². The molecule has 0 aromatic carbocycles. The fourth-order valence-electron chi connectivity index (χ4n) is 1.89. The first kappa shape index (κ1) is 11.7. The normalized spacial score (nSPS) is 15.2. The third-order valence-corrected chi connectivity index (χ3v) is 4.02. The van der Waals surface area contributed by atoms with Gasteiger partial charge in [0.25, 0.3) is 5.56 Å². The second-order valence-electron chi connectivity index (χ2n) is 4.71. The van der Waals surface area contributed by atoms with Crippen molar-refractivity contribution in [1.82, 2.24) is 9.97 Å². The van der Waals surface area contributed by atoms with E-state index >= 15 is 0 Å². The van der Waals surface area contributed by atoms with Crippen LogP contribution in [0.15, 0.2) is 9.95 Å². The van der Waals surface area contributed by atoms with Gasteiger partial charge in [0, 0.05) is 11.3 Å². The Hall–Kier alpha value is -0.770. The number of thioether (sulfide) groups is 1. The van der Waals surface area contributed by atoms with Crippen LogP contribution in [0.3, 0.4) is 0 Å². The number of H-pyrrole nitrogens is 1. The summed E-state index contributed by atoms with van der Waals surface area (Å²) in [5.41, 5.74) is 2.03. The van der Waals surface area contributed by atoms with E-state index in [4.69, 9.17) is 0 Å². The number of fused-ring (bicyclic) bond motifs is 1. The van der Waals surface area contributed by atoms with Crippen LogP contribution < -0.4 is 5.56 Å². The SMILES string of the molecule is CC(C)CSc1nc2c(c(=O)[nH]1)CCCC2. The minimum Gasteiger partial charge on any atom is -0.301 e. The van der Waals surface area contributed by atoms with Crippen molar-refractivity contribution in [2.45, 2.75) is 44.7 Å². The first-order chi connectivity index (χ1) is 7.66. The maximum atomic E-state index is 11.8. The summed E-state index contributed by atoms with van der Waals surface area (Å²) in [5.74, 6) is 1.62. The zero-order valence-corrected chi connectivity index (χ0v) is 10.7. The van der Waals surface area contributed by atoms with E-state index in [-0.39, 0.29) is 5.56 Å². The fourth-order valence-corrected chi connectivity index (χ4v) is 2.73. The molecule has 3 nitrogen and oxygen atoms in total. The third-order valence-electron chi connectivity index (χ3n) is 2.72. The molecule has 0 saturated heterocycles. The molecule has 1 aliphatic rings. The van der Waals surface area contributed by atoms with Crippen LogP contribution in [0, 0.1) is 5.92 Å². The van der Waals surface area contributed by atoms with Crippen LogP contribution in [0.1, 0.15) is 37.9 Å². The highest BCUT2D eigenvalue weighted by Crippen LogP contribution is 2.20. The van der Waals surface area contributed by atoms with E-state index in [2.05, 4.69) is 23.8 Å². The predicted octanol–water partition coefficient (Wildman–Crippen LogP) is 2.40. The predicted molar refractivity (Wildman–Crippen MR) is 67.1 cm³/mol. The maximum absolute atomic E-state index is 11.8. The van der Waals surface area contributed by atoms with Gasteiger partial charge in [-0.2, -0.15) is 0 Å². The molecule has 16 heavy (non-hydrogen) atoms. The molecule has 0 spiro atoms. The molecule has 0 radical (unpaired) electrons. The number of rotatable bonds is 3. The van der Waals surface area contributed by atoms with Crippen LogP contribution in [-0.4, -0.2) is 15.7 Å². The topological polar surface area (TPSA) is 45.8 Å². The summed E-state index contributed by atoms with van der Waals surface area (Å²) in [7, 11) is 0. The van der Waals surface area contributed by atoms with Crippen LogP contribution in [-0.2, 0) is 12.8 Å². The number of aromatic amines is 1. The first-order valence-corrected chi connectivity index (χ1v) is 6.90. The smallest absolute Gasteiger partial charge is 0.254 e. The Morgan fingerprint density at radius 1 is 1.38 bits per heavy atom. The molecule has 4 heteroatoms. The van der Waals surface area contributed by atoms with Crippen molar-refractivity contribution in [2.24, 2.45) is 5.92 Å². The lowest BCUT2D eigenvalue weighted by Crippen LogP contribution is -2.21. The summed E-state index contributed by atoms with van der Waals surface area (Å²) in [6.07, 6.45) is 4.15. The maximum Gasteiger partial charge on any atom is 0.254 e. The summed E-state index contributed by atoms with van der Waals surface area (Å²) in [6, 6.07) is 0. The molecule has 1 aliphatic carbocycles. The van der Waals surface area contributed by atoms with Crippen LogP contribution in [0.25, 0.3) is 0 Å². The number of aryl methyl sites for hydroxylation is 1. The Balaban J connectivity index is 2.22. The van der Waals surface area contributed by atoms with E-state index in [1.54, 1.807) is 11.8 Å². The summed E-state index contributed by atoms with van der Waals surface area (Å²) >= 11 is 1.65. The van der Waals surface area contributed by atoms with Crippen LogP contribution in [0.5, 0.6) is 0 Å². The molecule has 0 atom stereocenters. The first-order valence-electron chi connectivity index (χ1n) is 5.91. The molecule has 88 valence electrons. The molecule has 1 heterocycles. The van der Waals surface area contributed by atoms with Gasteiger partial charge in [-0.15, -0.1) is 0 Å². The Morgan fingerprint density at radius 2 is 2.12 bits per heavy atom. The molecule has 1 aromatic heterocycles. The van der Waals surface area contributed by atoms with Gasteiger partial charge < -0.3 is 4.98 Å². The van der Waals surface area contributed by atoms with Gasteiger partial charge in [0.15, 0.2) is 5.16 Å². The number of hydrogen-bond acceptors (Lipinski definition) is 3. The van der Waals surface area contributed by atoms with Crippen molar-refractivity contribution in [1.29, 1.82) is 0 Å². The molecule has 0 saturated carbocycles. The molecule has 0 amide bonds. The van der Waals surface area contributed by atoms with Crippen molar-refractivity contribution >= 4 is 11.8 Å². The summed E-state index contributed by atoms with van der Waals surface area (Å²) in [6.45, 7) is 4.34. The molecule has 1 N–H and O–H groups in total. The zero-order valence-electron chi connectivity index (χ0n) is 9.88. The summed E-state index contributed by atoms with van der Waals surface area (Å²) < 4.78 is 0. The number of aromatic nitrogens is 2. The highest BCUT2D eigenvalue weighted by Gasteiger charge is 2.15. The zero-order chi connectivity index (χ0) is 11.5. The largest absolute Gasteiger partial charge is 0.301 e. The van der Waals surface area contributed by atoms with Crippen LogP contribution >= 0.6 is 11.8 Å². The average molecular weight is 238 g/mol. The molecule has 2 rings (SSSR count). The van der Waals surface area contributed by atoms with Crippen molar-refractivity contribution in [2.75, 3.05) is 5.75 Å². The standard InChI is InChI=1S/C12H18N2OS/c1-8(2)7-16-12-13-10-6-4-3-5-9(10)11(15)14-12/h8H,3-7H2,1-2H3,(H,13,14,15). The van der Waals surface area contributed by atoms with Gasteiger partial charge in [-0.25, -0.2) is 4.98 Å². The van der Waals surface area contributed by atoms with E-state index in [9.17, 15) is 4.79 Å². The molecule has 0 unspecified atom stereocenters. The molecule has 0 bridgehead atoms. The van der Waals surface area contributed by atoms with Gasteiger partial charge in [-0.05, 0) is 31.6 Å². The van der Waals surface area contributed by atoms with E-state index in [0.717, 1.165) is 47.8 Å². The third kappa shape index (κ3) is 2.67. The van der Waals surface area contributed by atoms with E-state index < -0.39 is 0 Å². The van der Waals surface area contributed by atoms with Gasteiger partial charge in [-0.3, -0.25) is 4.79 Å². The lowest BCUT2D eigenvalue weighted by molar-refractivity contribution is 0.641. The molecular formula is C12H18N2OS. The second kappa shape index (κ2) is 5.04. The van der Waals surface area contributed by atoms with Crippen molar-refractivity contribution in [3.63, 3.8) is 0 Å². The van der Waals surface area contributed by atoms with E-state index in [0.29, 0.717) is 5.92 Å². The van der Waals surface area contributed by atoms with Gasteiger partial charge in [0.05, 0.1) is 5.69 Å². The highest BCUT2D eigenvalue weighted by molar-refractivity contribution is 7.99. The molecule has 0 aliphatic heterocycles. The Labute approximate surface area is 100 Å². The lowest BCUT2D eigenvalue weighted by Gasteiger charge is -2.14. The average Bonchev–Trinajstić information content (AvgIpc) is 2.26. The molecule has 0 fully saturated rings. The quantitative estimate of drug-likeness (QED) is 0.649. The molecule has 1 aromatic rings. The van der Waals surface area contributed by atoms with Gasteiger partial charge >= 0.3 is 0 Å². The van der Waals surface area contributed by atoms with Gasteiger partial charge in [0.1, 0.15) is 0 Å². The minimum absolute atomic E-state index is 0.0796. The minimum atomic E-state index is 0.0796. The van der Waals surface area contributed by atoms with Crippen molar-refractivity contribution in [3.05, 3.63) is 21.6 Å². The van der Waals surface area contributed by atoms with Crippen molar-refractivity contribution < 1.29 is 0 Å². The van der Waals surface area contributed by atoms with Crippen LogP contribution in [0.2, 0.25) is 0 Å². The Kier molecular flexibility index (Phi) is 3.69. The fraction of sp³-hybridized carbons (Fsp3) is 0.667. The van der Waals surface area contributed by atoms with Gasteiger partial charge in [-0.1, -0.05) is 25.6 Å². The van der Waals surface area contributed by atoms with E-state index in [1.165, 1.54) is 0 Å². The van der Waals surface area contributed by atoms with Crippen molar-refractivity contribution in [3.8, 4) is 0 Å². The highest BCUT2D eigenvalue weighted by atomic mass is 32.2. The van der Waals surface area contributed by atoms with Gasteiger partial charge in [0.2, 0.25) is 0 Å². The summed E-state index contributed by atoms with van der Waals surface area (Å²) in [4.78, 5) is 19.3. The Morgan fingerprint density at radius 3 is 2.88 bits per heavy atom.